The molecule has 0 aliphatic heterocycles. The molecule has 102 valence electrons. The van der Waals surface area contributed by atoms with Crippen molar-refractivity contribution in [1.82, 2.24) is 4.90 Å². The van der Waals surface area contributed by atoms with Crippen LogP contribution in [-0.2, 0) is 6.54 Å². The third-order valence-electron chi connectivity index (χ3n) is 3.44. The molecule has 0 bridgehead atoms. The van der Waals surface area contributed by atoms with Gasteiger partial charge in [0.2, 0.25) is 0 Å². The van der Waals surface area contributed by atoms with Gasteiger partial charge in [-0.05, 0) is 31.5 Å². The van der Waals surface area contributed by atoms with E-state index in [1.807, 2.05) is 7.05 Å². The van der Waals surface area contributed by atoms with E-state index in [1.165, 1.54) is 0 Å². The highest BCUT2D eigenvalue weighted by Crippen LogP contribution is 2.33. The Labute approximate surface area is 120 Å². The molecule has 0 saturated heterocycles. The van der Waals surface area contributed by atoms with Crippen LogP contribution in [0.1, 0.15) is 33.3 Å². The van der Waals surface area contributed by atoms with Crippen LogP contribution in [0.2, 0.25) is 10.0 Å². The fraction of sp³-hybridized carbons (Fsp3) is 0.571. The van der Waals surface area contributed by atoms with Crippen LogP contribution in [0.3, 0.4) is 0 Å². The predicted octanol–water partition coefficient (Wildman–Crippen LogP) is 4.57. The van der Waals surface area contributed by atoms with E-state index in [1.54, 1.807) is 12.1 Å². The van der Waals surface area contributed by atoms with Crippen LogP contribution >= 0.6 is 23.2 Å². The van der Waals surface area contributed by atoms with Gasteiger partial charge in [-0.25, -0.2) is 0 Å². The van der Waals surface area contributed by atoms with Gasteiger partial charge in [-0.1, -0.05) is 44.0 Å². The van der Waals surface area contributed by atoms with Crippen molar-refractivity contribution < 1.29 is 5.11 Å². The third kappa shape index (κ3) is 3.78. The summed E-state index contributed by atoms with van der Waals surface area (Å²) in [6.07, 6.45) is 0. The van der Waals surface area contributed by atoms with Crippen molar-refractivity contribution in [3.63, 3.8) is 0 Å². The predicted molar refractivity (Wildman–Crippen MR) is 78.5 cm³/mol. The quantitative estimate of drug-likeness (QED) is 0.881. The smallest absolute Gasteiger partial charge is 0.138 e. The maximum Gasteiger partial charge on any atom is 0.138 e. The van der Waals surface area contributed by atoms with Crippen LogP contribution in [-0.4, -0.2) is 23.1 Å². The van der Waals surface area contributed by atoms with E-state index in [9.17, 15) is 5.11 Å². The van der Waals surface area contributed by atoms with Crippen LogP contribution in [0, 0.1) is 5.41 Å². The highest BCUT2D eigenvalue weighted by Gasteiger charge is 2.24. The Morgan fingerprint density at radius 1 is 1.28 bits per heavy atom. The molecule has 2 nitrogen and oxygen atoms in total. The maximum absolute atomic E-state index is 9.94. The molecule has 4 heteroatoms. The summed E-state index contributed by atoms with van der Waals surface area (Å²) < 4.78 is 0. The molecule has 0 aliphatic rings. The zero-order valence-electron chi connectivity index (χ0n) is 11.6. The molecule has 0 aromatic heterocycles. The maximum atomic E-state index is 9.94. The summed E-state index contributed by atoms with van der Waals surface area (Å²) in [5.74, 6) is 0.119. The third-order valence-corrected chi connectivity index (χ3v) is 3.95. The molecule has 0 saturated carbocycles. The average Bonchev–Trinajstić information content (AvgIpc) is 2.22. The fourth-order valence-corrected chi connectivity index (χ4v) is 2.34. The lowest BCUT2D eigenvalue weighted by Gasteiger charge is -2.35. The van der Waals surface area contributed by atoms with Crippen LogP contribution in [0.5, 0.6) is 5.75 Å². The van der Waals surface area contributed by atoms with Crippen LogP contribution in [0.25, 0.3) is 0 Å². The summed E-state index contributed by atoms with van der Waals surface area (Å²) in [5, 5.41) is 10.8. The number of hydrogen-bond donors (Lipinski definition) is 1. The van der Waals surface area contributed by atoms with Gasteiger partial charge in [-0.3, -0.25) is 4.90 Å². The van der Waals surface area contributed by atoms with Crippen molar-refractivity contribution in [2.75, 3.05) is 7.05 Å². The van der Waals surface area contributed by atoms with Gasteiger partial charge in [-0.15, -0.1) is 0 Å². The van der Waals surface area contributed by atoms with E-state index >= 15 is 0 Å². The first-order valence-electron chi connectivity index (χ1n) is 6.00. The summed E-state index contributed by atoms with van der Waals surface area (Å²) in [7, 11) is 2.03. The second kappa shape index (κ2) is 5.68. The van der Waals surface area contributed by atoms with Gasteiger partial charge in [-0.2, -0.15) is 0 Å². The molecule has 18 heavy (non-hydrogen) atoms. The summed E-state index contributed by atoms with van der Waals surface area (Å²) in [6.45, 7) is 9.37. The molecule has 0 radical (unpaired) electrons. The van der Waals surface area contributed by atoms with Crippen molar-refractivity contribution in [2.24, 2.45) is 5.41 Å². The van der Waals surface area contributed by atoms with Crippen LogP contribution in [0.15, 0.2) is 12.1 Å². The minimum absolute atomic E-state index is 0.119. The molecule has 0 aliphatic carbocycles. The molecule has 1 unspecified atom stereocenters. The van der Waals surface area contributed by atoms with Gasteiger partial charge in [0.25, 0.3) is 0 Å². The Morgan fingerprint density at radius 3 is 2.33 bits per heavy atom. The molecule has 1 aromatic carbocycles. The van der Waals surface area contributed by atoms with Crippen molar-refractivity contribution in [3.8, 4) is 5.75 Å². The van der Waals surface area contributed by atoms with Gasteiger partial charge in [0.1, 0.15) is 5.75 Å². The largest absolute Gasteiger partial charge is 0.506 e. The van der Waals surface area contributed by atoms with Crippen molar-refractivity contribution in [2.45, 2.75) is 40.3 Å². The lowest BCUT2D eigenvalue weighted by molar-refractivity contribution is 0.134. The first kappa shape index (κ1) is 15.6. The number of nitrogens with zero attached hydrogens (tertiary/aromatic N) is 1. The number of phenolic OH excluding ortho intramolecular Hbond substituents is 1. The SMILES string of the molecule is CC(N(C)Cc1cc(Cl)cc(Cl)c1O)C(C)(C)C. The zero-order chi connectivity index (χ0) is 14.1. The second-order valence-corrected chi connectivity index (χ2v) is 6.70. The number of halogens is 2. The van der Waals surface area contributed by atoms with E-state index < -0.39 is 0 Å². The summed E-state index contributed by atoms with van der Waals surface area (Å²) in [4.78, 5) is 2.18. The Morgan fingerprint density at radius 2 is 1.83 bits per heavy atom. The van der Waals surface area contributed by atoms with Gasteiger partial charge >= 0.3 is 0 Å². The Kier molecular flexibility index (Phi) is 4.93. The molecular formula is C14H21Cl2NO. The average molecular weight is 290 g/mol. The van der Waals surface area contributed by atoms with Gasteiger partial charge in [0.15, 0.2) is 0 Å². The number of benzene rings is 1. The Bertz CT molecular complexity index is 427. The zero-order valence-corrected chi connectivity index (χ0v) is 13.1. The summed E-state index contributed by atoms with van der Waals surface area (Å²) >= 11 is 11.9. The minimum Gasteiger partial charge on any atom is -0.506 e. The number of aromatic hydroxyl groups is 1. The van der Waals surface area contributed by atoms with Crippen molar-refractivity contribution in [3.05, 3.63) is 27.7 Å². The number of rotatable bonds is 3. The van der Waals surface area contributed by atoms with E-state index in [0.717, 1.165) is 5.56 Å². The van der Waals surface area contributed by atoms with Crippen LogP contribution in [0.4, 0.5) is 0 Å². The Hall–Kier alpha value is -0.440. The monoisotopic (exact) mass is 289 g/mol. The van der Waals surface area contributed by atoms with Crippen molar-refractivity contribution >= 4 is 23.2 Å². The fourth-order valence-electron chi connectivity index (χ4n) is 1.81. The molecule has 1 atom stereocenters. The van der Waals surface area contributed by atoms with E-state index in [2.05, 4.69) is 32.6 Å². The van der Waals surface area contributed by atoms with E-state index in [0.29, 0.717) is 22.6 Å². The normalized spacial score (nSPS) is 14.0. The molecule has 0 amide bonds. The van der Waals surface area contributed by atoms with Crippen molar-refractivity contribution in [1.29, 1.82) is 0 Å². The van der Waals surface area contributed by atoms with E-state index in [4.69, 9.17) is 23.2 Å². The highest BCUT2D eigenvalue weighted by atomic mass is 35.5. The lowest BCUT2D eigenvalue weighted by Crippen LogP contribution is -2.38. The highest BCUT2D eigenvalue weighted by molar-refractivity contribution is 6.35. The number of phenols is 1. The topological polar surface area (TPSA) is 23.5 Å². The van der Waals surface area contributed by atoms with Gasteiger partial charge in [0.05, 0.1) is 5.02 Å². The second-order valence-electron chi connectivity index (χ2n) is 5.85. The lowest BCUT2D eigenvalue weighted by atomic mass is 9.87. The summed E-state index contributed by atoms with van der Waals surface area (Å²) in [6, 6.07) is 3.68. The summed E-state index contributed by atoms with van der Waals surface area (Å²) in [5.41, 5.74) is 0.929. The molecule has 1 N–H and O–H groups in total. The molecule has 1 aromatic rings. The molecule has 0 spiro atoms. The van der Waals surface area contributed by atoms with Gasteiger partial charge < -0.3 is 5.11 Å². The molecule has 0 heterocycles. The Balaban J connectivity index is 2.92. The standard InChI is InChI=1S/C14H21Cl2NO/c1-9(14(2,3)4)17(5)8-10-6-11(15)7-12(16)13(10)18/h6-7,9,18H,8H2,1-5H3. The van der Waals surface area contributed by atoms with Crippen LogP contribution < -0.4 is 0 Å². The van der Waals surface area contributed by atoms with Gasteiger partial charge in [0, 0.05) is 23.2 Å². The number of hydrogen-bond acceptors (Lipinski definition) is 2. The molecule has 0 fully saturated rings. The first-order chi connectivity index (χ1) is 8.12. The molecular weight excluding hydrogens is 269 g/mol. The first-order valence-corrected chi connectivity index (χ1v) is 6.75. The minimum atomic E-state index is 0.119. The van der Waals surface area contributed by atoms with E-state index in [-0.39, 0.29) is 11.2 Å². The molecule has 1 rings (SSSR count).